The van der Waals surface area contributed by atoms with Gasteiger partial charge in [-0.25, -0.2) is 4.79 Å². The number of carboxylic acid groups (broad SMARTS) is 1. The van der Waals surface area contributed by atoms with Crippen LogP contribution in [0.2, 0.25) is 0 Å². The summed E-state index contributed by atoms with van der Waals surface area (Å²) in [5, 5.41) is 21.4. The number of aliphatic hydroxyl groups excluding tert-OH is 1. The molecule has 0 radical (unpaired) electrons. The van der Waals surface area contributed by atoms with Gasteiger partial charge in [0.2, 0.25) is 0 Å². The van der Waals surface area contributed by atoms with Crippen LogP contribution >= 0.6 is 0 Å². The van der Waals surface area contributed by atoms with Gasteiger partial charge in [-0.1, -0.05) is 11.6 Å². The highest BCUT2D eigenvalue weighted by molar-refractivity contribution is 5.94. The molecule has 1 aromatic rings. The predicted molar refractivity (Wildman–Crippen MR) is 65.4 cm³/mol. The quantitative estimate of drug-likeness (QED) is 0.745. The number of carboxylic acids is 1. The highest BCUT2D eigenvalue weighted by atomic mass is 16.4. The van der Waals surface area contributed by atoms with E-state index in [1.807, 2.05) is 13.0 Å². The van der Waals surface area contributed by atoms with Crippen LogP contribution in [0.25, 0.3) is 0 Å². The van der Waals surface area contributed by atoms with E-state index in [0.29, 0.717) is 17.2 Å². The molecule has 0 saturated heterocycles. The highest BCUT2D eigenvalue weighted by Gasteiger charge is 2.26. The summed E-state index contributed by atoms with van der Waals surface area (Å²) in [5.41, 5.74) is 1.90. The van der Waals surface area contributed by atoms with Crippen molar-refractivity contribution in [1.82, 2.24) is 0 Å². The van der Waals surface area contributed by atoms with Gasteiger partial charge in [-0.2, -0.15) is 0 Å². The van der Waals surface area contributed by atoms with Gasteiger partial charge in [0.05, 0.1) is 11.7 Å². The van der Waals surface area contributed by atoms with Gasteiger partial charge in [0, 0.05) is 12.2 Å². The number of aliphatic hydroxyl groups is 1. The van der Waals surface area contributed by atoms with E-state index in [1.165, 1.54) is 0 Å². The first kappa shape index (κ1) is 11.9. The molecular formula is C13H17NO3. The second kappa shape index (κ2) is 4.75. The monoisotopic (exact) mass is 235 g/mol. The average Bonchev–Trinajstić information content (AvgIpc) is 2.24. The van der Waals surface area contributed by atoms with Gasteiger partial charge < -0.3 is 15.5 Å². The van der Waals surface area contributed by atoms with E-state index >= 15 is 0 Å². The molecular weight excluding hydrogens is 218 g/mol. The lowest BCUT2D eigenvalue weighted by molar-refractivity contribution is 0.0486. The van der Waals surface area contributed by atoms with E-state index in [2.05, 4.69) is 5.32 Å². The van der Waals surface area contributed by atoms with Crippen molar-refractivity contribution in [2.24, 2.45) is 5.92 Å². The van der Waals surface area contributed by atoms with Gasteiger partial charge in [0.25, 0.3) is 0 Å². The average molecular weight is 235 g/mol. The maximum Gasteiger partial charge on any atom is 0.337 e. The van der Waals surface area contributed by atoms with Crippen molar-refractivity contribution in [3.63, 3.8) is 0 Å². The molecule has 1 aliphatic carbocycles. The summed E-state index contributed by atoms with van der Waals surface area (Å²) in [7, 11) is 0. The number of anilines is 1. The van der Waals surface area contributed by atoms with Crippen molar-refractivity contribution in [2.75, 3.05) is 11.9 Å². The maximum absolute atomic E-state index is 11.1. The maximum atomic E-state index is 11.1. The third-order valence-corrected chi connectivity index (χ3v) is 3.20. The Kier molecular flexibility index (Phi) is 3.33. The molecule has 1 fully saturated rings. The normalized spacial score (nSPS) is 22.9. The number of aryl methyl sites for hydroxylation is 1. The standard InChI is InChI=1S/C13H17NO3/c1-8-2-3-12(11(4-8)13(16)17)14-7-9-5-10(15)6-9/h2-4,9-10,14-15H,5-7H2,1H3,(H,16,17). The molecule has 17 heavy (non-hydrogen) atoms. The Morgan fingerprint density at radius 1 is 1.47 bits per heavy atom. The Hall–Kier alpha value is -1.55. The largest absolute Gasteiger partial charge is 0.478 e. The summed E-state index contributed by atoms with van der Waals surface area (Å²) in [6.07, 6.45) is 1.45. The van der Waals surface area contributed by atoms with Crippen LogP contribution in [0.3, 0.4) is 0 Å². The fraction of sp³-hybridized carbons (Fsp3) is 0.462. The van der Waals surface area contributed by atoms with Gasteiger partial charge in [0.15, 0.2) is 0 Å². The smallest absolute Gasteiger partial charge is 0.337 e. The summed E-state index contributed by atoms with van der Waals surface area (Å²) in [5.74, 6) is -0.460. The van der Waals surface area contributed by atoms with Crippen LogP contribution in [0.5, 0.6) is 0 Å². The predicted octanol–water partition coefficient (Wildman–Crippen LogP) is 1.88. The molecule has 4 heteroatoms. The van der Waals surface area contributed by atoms with Crippen molar-refractivity contribution in [2.45, 2.75) is 25.9 Å². The van der Waals surface area contributed by atoms with Gasteiger partial charge in [-0.15, -0.1) is 0 Å². The number of benzene rings is 1. The lowest BCUT2D eigenvalue weighted by atomic mass is 9.82. The van der Waals surface area contributed by atoms with Crippen LogP contribution in [0.15, 0.2) is 18.2 Å². The summed E-state index contributed by atoms with van der Waals surface area (Å²) < 4.78 is 0. The molecule has 0 amide bonds. The second-order valence-corrected chi connectivity index (χ2v) is 4.73. The third kappa shape index (κ3) is 2.77. The Labute approximate surface area is 100 Å². The zero-order valence-electron chi connectivity index (χ0n) is 9.81. The number of nitrogens with one attached hydrogen (secondary N) is 1. The number of aromatic carboxylic acids is 1. The van der Waals surface area contributed by atoms with Crippen molar-refractivity contribution in [3.8, 4) is 0 Å². The fourth-order valence-electron chi connectivity index (χ4n) is 2.11. The SMILES string of the molecule is Cc1ccc(NCC2CC(O)C2)c(C(=O)O)c1. The molecule has 0 heterocycles. The lowest BCUT2D eigenvalue weighted by Crippen LogP contribution is -2.33. The van der Waals surface area contributed by atoms with Crippen LogP contribution in [0, 0.1) is 12.8 Å². The van der Waals surface area contributed by atoms with Gasteiger partial charge in [-0.3, -0.25) is 0 Å². The minimum Gasteiger partial charge on any atom is -0.478 e. The number of hydrogen-bond acceptors (Lipinski definition) is 3. The molecule has 1 aromatic carbocycles. The first-order valence-electron chi connectivity index (χ1n) is 5.82. The molecule has 0 spiro atoms. The van der Waals surface area contributed by atoms with Crippen LogP contribution in [0.4, 0.5) is 5.69 Å². The van der Waals surface area contributed by atoms with Gasteiger partial charge >= 0.3 is 5.97 Å². The van der Waals surface area contributed by atoms with Crippen LogP contribution in [0.1, 0.15) is 28.8 Å². The molecule has 2 rings (SSSR count). The summed E-state index contributed by atoms with van der Waals surface area (Å²) in [4.78, 5) is 11.1. The molecule has 0 aromatic heterocycles. The van der Waals surface area contributed by atoms with Crippen molar-refractivity contribution >= 4 is 11.7 Å². The van der Waals surface area contributed by atoms with E-state index in [9.17, 15) is 9.90 Å². The molecule has 4 nitrogen and oxygen atoms in total. The number of carbonyl (C=O) groups is 1. The Balaban J connectivity index is 2.02. The molecule has 0 bridgehead atoms. The third-order valence-electron chi connectivity index (χ3n) is 3.20. The minimum absolute atomic E-state index is 0.168. The van der Waals surface area contributed by atoms with Crippen LogP contribution < -0.4 is 5.32 Å². The minimum atomic E-state index is -0.912. The van der Waals surface area contributed by atoms with E-state index in [0.717, 1.165) is 24.9 Å². The molecule has 1 aliphatic rings. The Morgan fingerprint density at radius 3 is 2.76 bits per heavy atom. The first-order chi connectivity index (χ1) is 8.06. The van der Waals surface area contributed by atoms with Crippen molar-refractivity contribution in [3.05, 3.63) is 29.3 Å². The summed E-state index contributed by atoms with van der Waals surface area (Å²) >= 11 is 0. The van der Waals surface area contributed by atoms with Gasteiger partial charge in [0.1, 0.15) is 0 Å². The molecule has 0 aliphatic heterocycles. The summed E-state index contributed by atoms with van der Waals surface area (Å²) in [6, 6.07) is 5.36. The number of rotatable bonds is 4. The van der Waals surface area contributed by atoms with E-state index in [1.54, 1.807) is 12.1 Å². The zero-order chi connectivity index (χ0) is 12.4. The summed E-state index contributed by atoms with van der Waals surface area (Å²) in [6.45, 7) is 2.60. The lowest BCUT2D eigenvalue weighted by Gasteiger charge is -2.31. The van der Waals surface area contributed by atoms with Crippen LogP contribution in [-0.4, -0.2) is 28.8 Å². The highest BCUT2D eigenvalue weighted by Crippen LogP contribution is 2.28. The molecule has 3 N–H and O–H groups in total. The van der Waals surface area contributed by atoms with E-state index in [-0.39, 0.29) is 6.10 Å². The molecule has 92 valence electrons. The molecule has 0 unspecified atom stereocenters. The van der Waals surface area contributed by atoms with Crippen LogP contribution in [-0.2, 0) is 0 Å². The van der Waals surface area contributed by atoms with E-state index in [4.69, 9.17) is 5.11 Å². The fourth-order valence-corrected chi connectivity index (χ4v) is 2.11. The molecule has 1 saturated carbocycles. The van der Waals surface area contributed by atoms with Gasteiger partial charge in [-0.05, 0) is 37.8 Å². The Bertz CT molecular complexity index is 425. The first-order valence-corrected chi connectivity index (χ1v) is 5.82. The van der Waals surface area contributed by atoms with Crippen molar-refractivity contribution < 1.29 is 15.0 Å². The second-order valence-electron chi connectivity index (χ2n) is 4.73. The molecule has 0 atom stereocenters. The topological polar surface area (TPSA) is 69.6 Å². The van der Waals surface area contributed by atoms with E-state index < -0.39 is 5.97 Å². The zero-order valence-corrected chi connectivity index (χ0v) is 9.81. The Morgan fingerprint density at radius 2 is 2.18 bits per heavy atom. The number of hydrogen-bond donors (Lipinski definition) is 3. The van der Waals surface area contributed by atoms with Crippen molar-refractivity contribution in [1.29, 1.82) is 0 Å².